The van der Waals surface area contributed by atoms with Crippen molar-refractivity contribution in [3.8, 4) is 0 Å². The molecule has 0 saturated heterocycles. The van der Waals surface area contributed by atoms with Crippen molar-refractivity contribution in [2.24, 2.45) is 0 Å². The van der Waals surface area contributed by atoms with Gasteiger partial charge in [0.15, 0.2) is 0 Å². The van der Waals surface area contributed by atoms with Crippen molar-refractivity contribution in [3.63, 3.8) is 0 Å². The van der Waals surface area contributed by atoms with E-state index in [0.29, 0.717) is 6.54 Å². The minimum Gasteiger partial charge on any atom is -0.447 e. The van der Waals surface area contributed by atoms with Crippen LogP contribution in [0.3, 0.4) is 0 Å². The molecule has 0 spiro atoms. The molecule has 5 heteroatoms. The smallest absolute Gasteiger partial charge is 0.407 e. The number of carbonyl (C=O) groups excluding carboxylic acids is 1. The zero-order valence-electron chi connectivity index (χ0n) is 8.04. The highest BCUT2D eigenvalue weighted by atomic mass is 35.5. The average Bonchev–Trinajstić information content (AvgIpc) is 2.47. The summed E-state index contributed by atoms with van der Waals surface area (Å²) in [6, 6.07) is 3.68. The highest BCUT2D eigenvalue weighted by molar-refractivity contribution is 7.16. The Hall–Kier alpha value is -0.740. The number of carbonyl (C=O) groups is 1. The summed E-state index contributed by atoms with van der Waals surface area (Å²) in [5.74, 6) is 0. The van der Waals surface area contributed by atoms with Gasteiger partial charge in [-0.25, -0.2) is 4.79 Å². The highest BCUT2D eigenvalue weighted by Gasteiger charge is 2.05. The van der Waals surface area contributed by atoms with Gasteiger partial charge in [-0.05, 0) is 26.0 Å². The predicted molar refractivity (Wildman–Crippen MR) is 57.8 cm³/mol. The Labute approximate surface area is 92.0 Å². The lowest BCUT2D eigenvalue weighted by molar-refractivity contribution is 0.115. The maximum atomic E-state index is 11.1. The molecule has 1 N–H and O–H groups in total. The minimum absolute atomic E-state index is 0.0954. The first-order valence-electron chi connectivity index (χ1n) is 4.26. The van der Waals surface area contributed by atoms with Crippen molar-refractivity contribution in [2.75, 3.05) is 0 Å². The number of amides is 1. The Morgan fingerprint density at radius 2 is 2.36 bits per heavy atom. The van der Waals surface area contributed by atoms with Crippen LogP contribution in [0, 0.1) is 0 Å². The standard InChI is InChI=1S/C9H12ClNO2S/c1-6(2)13-9(12)11-5-7-3-4-8(10)14-7/h3-4,6H,5H2,1-2H3,(H,11,12). The lowest BCUT2D eigenvalue weighted by atomic mass is 10.5. The SMILES string of the molecule is CC(C)OC(=O)NCc1ccc(Cl)s1. The molecule has 0 aliphatic heterocycles. The third kappa shape index (κ3) is 3.98. The fourth-order valence-electron chi connectivity index (χ4n) is 0.862. The van der Waals surface area contributed by atoms with E-state index in [4.69, 9.17) is 16.3 Å². The molecular formula is C9H12ClNO2S. The molecule has 1 aromatic rings. The van der Waals surface area contributed by atoms with E-state index in [9.17, 15) is 4.79 Å². The van der Waals surface area contributed by atoms with Gasteiger partial charge in [-0.1, -0.05) is 11.6 Å². The summed E-state index contributed by atoms with van der Waals surface area (Å²) < 4.78 is 5.62. The van der Waals surface area contributed by atoms with Gasteiger partial charge < -0.3 is 10.1 Å². The van der Waals surface area contributed by atoms with Gasteiger partial charge in [-0.15, -0.1) is 11.3 Å². The molecule has 0 aliphatic carbocycles. The van der Waals surface area contributed by atoms with Crippen molar-refractivity contribution in [3.05, 3.63) is 21.3 Å². The van der Waals surface area contributed by atoms with Crippen LogP contribution in [0.15, 0.2) is 12.1 Å². The van der Waals surface area contributed by atoms with Crippen LogP contribution in [0.25, 0.3) is 0 Å². The third-order valence-electron chi connectivity index (χ3n) is 1.38. The molecule has 0 aliphatic rings. The molecule has 0 fully saturated rings. The van der Waals surface area contributed by atoms with Crippen LogP contribution >= 0.6 is 22.9 Å². The molecule has 1 aromatic heterocycles. The van der Waals surface area contributed by atoms with Crippen molar-refractivity contribution < 1.29 is 9.53 Å². The first-order valence-corrected chi connectivity index (χ1v) is 5.46. The second kappa shape index (κ2) is 5.22. The number of nitrogens with one attached hydrogen (secondary N) is 1. The fraction of sp³-hybridized carbons (Fsp3) is 0.444. The topological polar surface area (TPSA) is 38.3 Å². The number of hydrogen-bond acceptors (Lipinski definition) is 3. The summed E-state index contributed by atoms with van der Waals surface area (Å²) in [7, 11) is 0. The molecule has 1 amide bonds. The van der Waals surface area contributed by atoms with E-state index in [-0.39, 0.29) is 6.10 Å². The van der Waals surface area contributed by atoms with Gasteiger partial charge in [0.1, 0.15) is 0 Å². The number of thiophene rings is 1. The molecule has 1 heterocycles. The van der Waals surface area contributed by atoms with E-state index in [1.54, 1.807) is 6.07 Å². The van der Waals surface area contributed by atoms with E-state index >= 15 is 0 Å². The highest BCUT2D eigenvalue weighted by Crippen LogP contribution is 2.20. The monoisotopic (exact) mass is 233 g/mol. The van der Waals surface area contributed by atoms with Crippen LogP contribution < -0.4 is 5.32 Å². The summed E-state index contributed by atoms with van der Waals surface area (Å²) in [5.41, 5.74) is 0. The lowest BCUT2D eigenvalue weighted by Gasteiger charge is -2.08. The predicted octanol–water partition coefficient (Wildman–Crippen LogP) is 3.04. The van der Waals surface area contributed by atoms with Gasteiger partial charge in [0.25, 0.3) is 0 Å². The van der Waals surface area contributed by atoms with Crippen molar-refractivity contribution in [1.82, 2.24) is 5.32 Å². The zero-order valence-corrected chi connectivity index (χ0v) is 9.61. The van der Waals surface area contributed by atoms with E-state index in [2.05, 4.69) is 5.32 Å². The van der Waals surface area contributed by atoms with Crippen molar-refractivity contribution in [2.45, 2.75) is 26.5 Å². The van der Waals surface area contributed by atoms with Gasteiger partial charge in [-0.3, -0.25) is 0 Å². The summed E-state index contributed by atoms with van der Waals surface area (Å²) in [4.78, 5) is 12.1. The maximum Gasteiger partial charge on any atom is 0.407 e. The van der Waals surface area contributed by atoms with Gasteiger partial charge >= 0.3 is 6.09 Å². The number of alkyl carbamates (subject to hydrolysis) is 1. The molecule has 0 unspecified atom stereocenters. The number of halogens is 1. The Bertz CT molecular complexity index is 312. The second-order valence-electron chi connectivity index (χ2n) is 3.01. The summed E-state index contributed by atoms with van der Waals surface area (Å²) in [5, 5.41) is 2.63. The van der Waals surface area contributed by atoms with Crippen LogP contribution in [-0.2, 0) is 11.3 Å². The summed E-state index contributed by atoms with van der Waals surface area (Å²) in [6.45, 7) is 4.08. The molecular weight excluding hydrogens is 222 g/mol. The molecule has 0 saturated carbocycles. The number of hydrogen-bond donors (Lipinski definition) is 1. The third-order valence-corrected chi connectivity index (χ3v) is 2.61. The van der Waals surface area contributed by atoms with Crippen LogP contribution in [-0.4, -0.2) is 12.2 Å². The van der Waals surface area contributed by atoms with E-state index in [0.717, 1.165) is 9.21 Å². The van der Waals surface area contributed by atoms with Crippen LogP contribution in [0.4, 0.5) is 4.79 Å². The van der Waals surface area contributed by atoms with E-state index in [1.165, 1.54) is 11.3 Å². The molecule has 0 aromatic carbocycles. The zero-order chi connectivity index (χ0) is 10.6. The Morgan fingerprint density at radius 1 is 1.64 bits per heavy atom. The molecule has 0 atom stereocenters. The van der Waals surface area contributed by atoms with Crippen LogP contribution in [0.1, 0.15) is 18.7 Å². The Balaban J connectivity index is 2.30. The van der Waals surface area contributed by atoms with E-state index < -0.39 is 6.09 Å². The van der Waals surface area contributed by atoms with Crippen molar-refractivity contribution in [1.29, 1.82) is 0 Å². The minimum atomic E-state index is -0.399. The molecule has 14 heavy (non-hydrogen) atoms. The average molecular weight is 234 g/mol. The first-order chi connectivity index (χ1) is 6.58. The Morgan fingerprint density at radius 3 is 2.86 bits per heavy atom. The maximum absolute atomic E-state index is 11.1. The lowest BCUT2D eigenvalue weighted by Crippen LogP contribution is -2.25. The van der Waals surface area contributed by atoms with Gasteiger partial charge in [0, 0.05) is 4.88 Å². The second-order valence-corrected chi connectivity index (χ2v) is 4.81. The summed E-state index contributed by atoms with van der Waals surface area (Å²) in [6.07, 6.45) is -0.494. The number of rotatable bonds is 3. The first kappa shape index (κ1) is 11.3. The Kier molecular flexibility index (Phi) is 4.22. The van der Waals surface area contributed by atoms with Gasteiger partial charge in [-0.2, -0.15) is 0 Å². The fourth-order valence-corrected chi connectivity index (χ4v) is 1.89. The molecule has 78 valence electrons. The molecule has 1 rings (SSSR count). The largest absolute Gasteiger partial charge is 0.447 e. The normalized spacial score (nSPS) is 10.3. The van der Waals surface area contributed by atoms with Gasteiger partial charge in [0.05, 0.1) is 17.0 Å². The molecule has 0 bridgehead atoms. The quantitative estimate of drug-likeness (QED) is 0.872. The summed E-state index contributed by atoms with van der Waals surface area (Å²) >= 11 is 7.18. The van der Waals surface area contributed by atoms with Gasteiger partial charge in [0.2, 0.25) is 0 Å². The van der Waals surface area contributed by atoms with E-state index in [1.807, 2.05) is 19.9 Å². The number of ether oxygens (including phenoxy) is 1. The van der Waals surface area contributed by atoms with Crippen LogP contribution in [0.2, 0.25) is 4.34 Å². The molecule has 3 nitrogen and oxygen atoms in total. The van der Waals surface area contributed by atoms with Crippen LogP contribution in [0.5, 0.6) is 0 Å². The molecule has 0 radical (unpaired) electrons. The van der Waals surface area contributed by atoms with Crippen molar-refractivity contribution >= 4 is 29.0 Å².